The molecule has 1 aliphatic heterocycles. The molecule has 0 amide bonds. The summed E-state index contributed by atoms with van der Waals surface area (Å²) in [7, 11) is 0. The molecular weight excluding hydrogens is 210 g/mol. The molecule has 94 valence electrons. The van der Waals surface area contributed by atoms with Gasteiger partial charge in [-0.15, -0.1) is 0 Å². The quantitative estimate of drug-likeness (QED) is 0.746. The first-order valence-corrected chi connectivity index (χ1v) is 6.83. The van der Waals surface area contributed by atoms with Gasteiger partial charge in [-0.2, -0.15) is 0 Å². The summed E-state index contributed by atoms with van der Waals surface area (Å²) in [5, 5.41) is 3.53. The number of aromatic nitrogens is 2. The van der Waals surface area contributed by atoms with Gasteiger partial charge in [0.25, 0.3) is 0 Å². The molecule has 0 radical (unpaired) electrons. The Labute approximate surface area is 104 Å². The first-order valence-electron chi connectivity index (χ1n) is 6.83. The SMILES string of the molecule is CC1CC(C)n2c(nc3c2CC(C)(C)CC3)N1. The molecule has 2 unspecified atom stereocenters. The van der Waals surface area contributed by atoms with Gasteiger partial charge in [-0.25, -0.2) is 4.98 Å². The normalized spacial score (nSPS) is 30.4. The lowest BCUT2D eigenvalue weighted by Crippen LogP contribution is -2.31. The monoisotopic (exact) mass is 233 g/mol. The third-order valence-corrected chi connectivity index (χ3v) is 4.29. The van der Waals surface area contributed by atoms with Gasteiger partial charge in [-0.1, -0.05) is 13.8 Å². The summed E-state index contributed by atoms with van der Waals surface area (Å²) in [5.41, 5.74) is 3.27. The average molecular weight is 233 g/mol. The largest absolute Gasteiger partial charge is 0.353 e. The molecule has 1 aromatic heterocycles. The van der Waals surface area contributed by atoms with E-state index >= 15 is 0 Å². The van der Waals surface area contributed by atoms with E-state index in [0.29, 0.717) is 17.5 Å². The van der Waals surface area contributed by atoms with Crippen LogP contribution in [0.2, 0.25) is 0 Å². The topological polar surface area (TPSA) is 29.9 Å². The van der Waals surface area contributed by atoms with Gasteiger partial charge in [0.05, 0.1) is 5.69 Å². The summed E-state index contributed by atoms with van der Waals surface area (Å²) in [6.45, 7) is 9.32. The Morgan fingerprint density at radius 3 is 2.88 bits per heavy atom. The summed E-state index contributed by atoms with van der Waals surface area (Å²) in [6.07, 6.45) is 4.79. The molecule has 1 N–H and O–H groups in total. The highest BCUT2D eigenvalue weighted by Crippen LogP contribution is 2.39. The van der Waals surface area contributed by atoms with E-state index < -0.39 is 0 Å². The molecule has 0 saturated heterocycles. The van der Waals surface area contributed by atoms with Crippen molar-refractivity contribution in [2.24, 2.45) is 5.41 Å². The smallest absolute Gasteiger partial charge is 0.203 e. The van der Waals surface area contributed by atoms with Gasteiger partial charge in [0, 0.05) is 17.8 Å². The second kappa shape index (κ2) is 3.50. The van der Waals surface area contributed by atoms with Crippen LogP contribution in [-0.4, -0.2) is 15.6 Å². The fourth-order valence-corrected chi connectivity index (χ4v) is 3.37. The molecule has 3 nitrogen and oxygen atoms in total. The van der Waals surface area contributed by atoms with Crippen molar-refractivity contribution in [3.63, 3.8) is 0 Å². The second-order valence-corrected chi connectivity index (χ2v) is 6.67. The van der Waals surface area contributed by atoms with Crippen LogP contribution >= 0.6 is 0 Å². The minimum absolute atomic E-state index is 0.437. The number of nitrogens with zero attached hydrogens (tertiary/aromatic N) is 2. The predicted octanol–water partition coefficient (Wildman–Crippen LogP) is 3.16. The number of hydrogen-bond donors (Lipinski definition) is 1. The Kier molecular flexibility index (Phi) is 2.29. The molecule has 2 atom stereocenters. The van der Waals surface area contributed by atoms with Crippen molar-refractivity contribution >= 4 is 5.95 Å². The minimum Gasteiger partial charge on any atom is -0.353 e. The standard InChI is InChI=1S/C14H23N3/c1-9-7-10(2)17-12-8-14(3,4)6-5-11(12)16-13(17)15-9/h9-10H,5-8H2,1-4H3,(H,15,16). The molecule has 3 rings (SSSR count). The second-order valence-electron chi connectivity index (χ2n) is 6.67. The lowest BCUT2D eigenvalue weighted by atomic mass is 9.78. The first kappa shape index (κ1) is 11.1. The van der Waals surface area contributed by atoms with Crippen molar-refractivity contribution in [3.8, 4) is 0 Å². The molecular formula is C14H23N3. The summed E-state index contributed by atoms with van der Waals surface area (Å²) < 4.78 is 2.45. The van der Waals surface area contributed by atoms with Crippen LogP contribution in [0.1, 0.15) is 58.0 Å². The first-order chi connectivity index (χ1) is 7.96. The van der Waals surface area contributed by atoms with Crippen LogP contribution in [0.3, 0.4) is 0 Å². The minimum atomic E-state index is 0.437. The molecule has 2 aliphatic rings. The molecule has 17 heavy (non-hydrogen) atoms. The highest BCUT2D eigenvalue weighted by Gasteiger charge is 2.33. The Bertz CT molecular complexity index is 445. The van der Waals surface area contributed by atoms with Crippen molar-refractivity contribution in [3.05, 3.63) is 11.4 Å². The lowest BCUT2D eigenvalue weighted by Gasteiger charge is -2.33. The zero-order valence-corrected chi connectivity index (χ0v) is 11.4. The highest BCUT2D eigenvalue weighted by molar-refractivity contribution is 5.39. The number of hydrogen-bond acceptors (Lipinski definition) is 2. The molecule has 1 aliphatic carbocycles. The van der Waals surface area contributed by atoms with Crippen LogP contribution in [0.5, 0.6) is 0 Å². The van der Waals surface area contributed by atoms with Gasteiger partial charge >= 0.3 is 0 Å². The van der Waals surface area contributed by atoms with Gasteiger partial charge in [-0.3, -0.25) is 0 Å². The third kappa shape index (κ3) is 1.76. The van der Waals surface area contributed by atoms with Gasteiger partial charge in [-0.05, 0) is 44.9 Å². The molecule has 0 fully saturated rings. The van der Waals surface area contributed by atoms with Crippen molar-refractivity contribution < 1.29 is 0 Å². The van der Waals surface area contributed by atoms with E-state index in [1.54, 1.807) is 0 Å². The Hall–Kier alpha value is -0.990. The maximum absolute atomic E-state index is 4.81. The molecule has 0 aromatic carbocycles. The molecule has 1 aromatic rings. The van der Waals surface area contributed by atoms with Crippen LogP contribution < -0.4 is 5.32 Å². The average Bonchev–Trinajstić information content (AvgIpc) is 2.53. The number of fused-ring (bicyclic) bond motifs is 3. The fourth-order valence-electron chi connectivity index (χ4n) is 3.37. The number of rotatable bonds is 0. The molecule has 0 bridgehead atoms. The van der Waals surface area contributed by atoms with Crippen LogP contribution in [0, 0.1) is 5.41 Å². The molecule has 0 saturated carbocycles. The number of nitrogens with one attached hydrogen (secondary N) is 1. The van der Waals surface area contributed by atoms with Crippen LogP contribution in [0.25, 0.3) is 0 Å². The Balaban J connectivity index is 2.06. The maximum Gasteiger partial charge on any atom is 0.203 e. The van der Waals surface area contributed by atoms with E-state index in [1.807, 2.05) is 0 Å². The zero-order valence-electron chi connectivity index (χ0n) is 11.4. The van der Waals surface area contributed by atoms with E-state index in [2.05, 4.69) is 37.6 Å². The molecule has 0 spiro atoms. The van der Waals surface area contributed by atoms with Crippen LogP contribution in [-0.2, 0) is 12.8 Å². The fraction of sp³-hybridized carbons (Fsp3) is 0.786. The van der Waals surface area contributed by atoms with Crippen molar-refractivity contribution in [2.75, 3.05) is 5.32 Å². The van der Waals surface area contributed by atoms with E-state index in [9.17, 15) is 0 Å². The highest BCUT2D eigenvalue weighted by atomic mass is 15.3. The third-order valence-electron chi connectivity index (χ3n) is 4.29. The predicted molar refractivity (Wildman–Crippen MR) is 70.4 cm³/mol. The Morgan fingerprint density at radius 1 is 1.35 bits per heavy atom. The molecule has 3 heteroatoms. The van der Waals surface area contributed by atoms with Crippen molar-refractivity contribution in [2.45, 2.75) is 65.5 Å². The van der Waals surface area contributed by atoms with E-state index in [0.717, 1.165) is 12.4 Å². The van der Waals surface area contributed by atoms with E-state index in [4.69, 9.17) is 4.98 Å². The molecule has 2 heterocycles. The van der Waals surface area contributed by atoms with E-state index in [-0.39, 0.29) is 0 Å². The zero-order chi connectivity index (χ0) is 12.2. The Morgan fingerprint density at radius 2 is 2.12 bits per heavy atom. The lowest BCUT2D eigenvalue weighted by molar-refractivity contribution is 0.298. The van der Waals surface area contributed by atoms with Crippen LogP contribution in [0.4, 0.5) is 5.95 Å². The number of aryl methyl sites for hydroxylation is 1. The van der Waals surface area contributed by atoms with Gasteiger partial charge in [0.1, 0.15) is 0 Å². The van der Waals surface area contributed by atoms with Gasteiger partial charge in [0.15, 0.2) is 0 Å². The van der Waals surface area contributed by atoms with Crippen molar-refractivity contribution in [1.82, 2.24) is 9.55 Å². The number of imidazole rings is 1. The maximum atomic E-state index is 4.81. The number of anilines is 1. The summed E-state index contributed by atoms with van der Waals surface area (Å²) in [6, 6.07) is 1.14. The summed E-state index contributed by atoms with van der Waals surface area (Å²) in [5.74, 6) is 1.11. The van der Waals surface area contributed by atoms with Gasteiger partial charge in [0.2, 0.25) is 5.95 Å². The van der Waals surface area contributed by atoms with Crippen LogP contribution in [0.15, 0.2) is 0 Å². The van der Waals surface area contributed by atoms with Crippen molar-refractivity contribution in [1.29, 1.82) is 0 Å². The summed E-state index contributed by atoms with van der Waals surface area (Å²) in [4.78, 5) is 4.81. The summed E-state index contributed by atoms with van der Waals surface area (Å²) >= 11 is 0. The van der Waals surface area contributed by atoms with E-state index in [1.165, 1.54) is 30.7 Å². The van der Waals surface area contributed by atoms with Gasteiger partial charge < -0.3 is 9.88 Å².